The number of aryl methyl sites for hydroxylation is 2. The number of fused-ring (bicyclic) bond motifs is 1. The summed E-state index contributed by atoms with van der Waals surface area (Å²) in [7, 11) is 0. The first-order valence-electron chi connectivity index (χ1n) is 10.4. The van der Waals surface area contributed by atoms with Gasteiger partial charge < -0.3 is 14.0 Å². The predicted octanol–water partition coefficient (Wildman–Crippen LogP) is 3.33. The third-order valence-corrected chi connectivity index (χ3v) is 5.75. The number of nitrogens with zero attached hydrogens (tertiary/aromatic N) is 5. The standard InChI is InChI=1S/C22H29N5O2/c1-14(2)12-27-20(24-19-6-5-8-23-22(19)27)10-17-7-9-26(13-17)21(28)11-18-15(3)25-29-16(18)4/h5-6,8,14,17H,7,9-13H2,1-4H3. The molecule has 1 saturated heterocycles. The van der Waals surface area contributed by atoms with Crippen molar-refractivity contribution >= 4 is 17.1 Å². The average Bonchev–Trinajstić information content (AvgIpc) is 3.37. The Labute approximate surface area is 171 Å². The number of carbonyl (C=O) groups excluding carboxylic acids is 1. The summed E-state index contributed by atoms with van der Waals surface area (Å²) in [5, 5.41) is 3.96. The minimum Gasteiger partial charge on any atom is -0.361 e. The van der Waals surface area contributed by atoms with E-state index >= 15 is 0 Å². The zero-order valence-electron chi connectivity index (χ0n) is 17.7. The molecule has 7 nitrogen and oxygen atoms in total. The van der Waals surface area contributed by atoms with Crippen molar-refractivity contribution in [2.75, 3.05) is 13.1 Å². The highest BCUT2D eigenvalue weighted by atomic mass is 16.5. The Morgan fingerprint density at radius 1 is 1.34 bits per heavy atom. The number of amides is 1. The van der Waals surface area contributed by atoms with Gasteiger partial charge in [-0.25, -0.2) is 9.97 Å². The predicted molar refractivity (Wildman–Crippen MR) is 110 cm³/mol. The van der Waals surface area contributed by atoms with Gasteiger partial charge in [-0.3, -0.25) is 4.79 Å². The van der Waals surface area contributed by atoms with Crippen LogP contribution in [0.2, 0.25) is 0 Å². The highest BCUT2D eigenvalue weighted by Gasteiger charge is 2.29. The van der Waals surface area contributed by atoms with Crippen molar-refractivity contribution in [1.82, 2.24) is 24.6 Å². The Kier molecular flexibility index (Phi) is 5.39. The number of rotatable bonds is 6. The normalized spacial score (nSPS) is 17.0. The van der Waals surface area contributed by atoms with E-state index in [1.54, 1.807) is 0 Å². The topological polar surface area (TPSA) is 77.1 Å². The Morgan fingerprint density at radius 2 is 2.17 bits per heavy atom. The van der Waals surface area contributed by atoms with Crippen molar-refractivity contribution in [2.24, 2.45) is 11.8 Å². The van der Waals surface area contributed by atoms with Crippen molar-refractivity contribution < 1.29 is 9.32 Å². The van der Waals surface area contributed by atoms with Crippen LogP contribution in [0.1, 0.15) is 43.1 Å². The van der Waals surface area contributed by atoms with E-state index in [4.69, 9.17) is 9.51 Å². The molecule has 0 saturated carbocycles. The number of aromatic nitrogens is 4. The fourth-order valence-corrected chi connectivity index (χ4v) is 4.22. The van der Waals surface area contributed by atoms with E-state index in [2.05, 4.69) is 28.6 Å². The molecule has 3 aromatic rings. The van der Waals surface area contributed by atoms with Crippen LogP contribution in [0.3, 0.4) is 0 Å². The molecule has 29 heavy (non-hydrogen) atoms. The summed E-state index contributed by atoms with van der Waals surface area (Å²) in [5.74, 6) is 2.91. The van der Waals surface area contributed by atoms with Crippen LogP contribution in [-0.4, -0.2) is 43.6 Å². The van der Waals surface area contributed by atoms with Gasteiger partial charge in [0.2, 0.25) is 5.91 Å². The molecule has 0 spiro atoms. The molecule has 3 aromatic heterocycles. The number of hydrogen-bond acceptors (Lipinski definition) is 5. The van der Waals surface area contributed by atoms with Gasteiger partial charge in [-0.05, 0) is 44.2 Å². The average molecular weight is 396 g/mol. The molecule has 154 valence electrons. The Morgan fingerprint density at radius 3 is 2.90 bits per heavy atom. The third kappa shape index (κ3) is 4.04. The molecule has 1 atom stereocenters. The number of likely N-dealkylation sites (tertiary alicyclic amines) is 1. The van der Waals surface area contributed by atoms with Crippen molar-refractivity contribution in [3.05, 3.63) is 41.2 Å². The number of imidazole rings is 1. The van der Waals surface area contributed by atoms with Crippen LogP contribution in [0, 0.1) is 25.7 Å². The molecule has 4 heterocycles. The highest BCUT2D eigenvalue weighted by Crippen LogP contribution is 2.25. The molecular weight excluding hydrogens is 366 g/mol. The SMILES string of the molecule is Cc1noc(C)c1CC(=O)N1CCC(Cc2nc3cccnc3n2CC(C)C)C1. The van der Waals surface area contributed by atoms with Gasteiger partial charge in [-0.15, -0.1) is 0 Å². The highest BCUT2D eigenvalue weighted by molar-refractivity contribution is 5.79. The molecule has 7 heteroatoms. The molecule has 1 unspecified atom stereocenters. The lowest BCUT2D eigenvalue weighted by atomic mass is 10.0. The van der Waals surface area contributed by atoms with Gasteiger partial charge in [0.15, 0.2) is 5.65 Å². The maximum atomic E-state index is 12.8. The number of pyridine rings is 1. The lowest BCUT2D eigenvalue weighted by molar-refractivity contribution is -0.129. The quantitative estimate of drug-likeness (QED) is 0.640. The second-order valence-electron chi connectivity index (χ2n) is 8.56. The molecule has 0 radical (unpaired) electrons. The first kappa shape index (κ1) is 19.6. The molecule has 0 bridgehead atoms. The number of carbonyl (C=O) groups is 1. The van der Waals surface area contributed by atoms with Gasteiger partial charge in [-0.1, -0.05) is 19.0 Å². The zero-order valence-corrected chi connectivity index (χ0v) is 17.7. The molecule has 0 aromatic carbocycles. The van der Waals surface area contributed by atoms with Crippen molar-refractivity contribution in [1.29, 1.82) is 0 Å². The van der Waals surface area contributed by atoms with Crippen LogP contribution in [0.5, 0.6) is 0 Å². The fraction of sp³-hybridized carbons (Fsp3) is 0.545. The van der Waals surface area contributed by atoms with E-state index in [0.29, 0.717) is 18.3 Å². The van der Waals surface area contributed by atoms with Crippen LogP contribution in [-0.2, 0) is 24.2 Å². The third-order valence-electron chi connectivity index (χ3n) is 5.75. The van der Waals surface area contributed by atoms with Crippen LogP contribution in [0.25, 0.3) is 11.2 Å². The molecule has 0 aliphatic carbocycles. The van der Waals surface area contributed by atoms with E-state index in [0.717, 1.165) is 66.5 Å². The Hall–Kier alpha value is -2.70. The van der Waals surface area contributed by atoms with E-state index in [9.17, 15) is 4.79 Å². The van der Waals surface area contributed by atoms with Crippen LogP contribution in [0.15, 0.2) is 22.9 Å². The first-order chi connectivity index (χ1) is 13.9. The molecule has 4 rings (SSSR count). The summed E-state index contributed by atoms with van der Waals surface area (Å²) < 4.78 is 7.45. The summed E-state index contributed by atoms with van der Waals surface area (Å²) in [6.07, 6.45) is 4.07. The maximum absolute atomic E-state index is 12.8. The van der Waals surface area contributed by atoms with E-state index in [1.165, 1.54) is 0 Å². The lowest BCUT2D eigenvalue weighted by Crippen LogP contribution is -2.30. The van der Waals surface area contributed by atoms with E-state index < -0.39 is 0 Å². The van der Waals surface area contributed by atoms with Crippen LogP contribution in [0.4, 0.5) is 0 Å². The van der Waals surface area contributed by atoms with Gasteiger partial charge in [-0.2, -0.15) is 0 Å². The summed E-state index contributed by atoms with van der Waals surface area (Å²) in [6.45, 7) is 10.7. The van der Waals surface area contributed by atoms with Crippen LogP contribution >= 0.6 is 0 Å². The maximum Gasteiger partial charge on any atom is 0.227 e. The summed E-state index contributed by atoms with van der Waals surface area (Å²) in [6, 6.07) is 3.96. The van der Waals surface area contributed by atoms with Crippen LogP contribution < -0.4 is 0 Å². The molecular formula is C22H29N5O2. The summed E-state index contributed by atoms with van der Waals surface area (Å²) in [4.78, 5) is 24.2. The fourth-order valence-electron chi connectivity index (χ4n) is 4.22. The van der Waals surface area contributed by atoms with Gasteiger partial charge in [0.1, 0.15) is 17.1 Å². The Balaban J connectivity index is 1.46. The minimum atomic E-state index is 0.152. The zero-order chi connectivity index (χ0) is 20.5. The van der Waals surface area contributed by atoms with Gasteiger partial charge in [0, 0.05) is 37.8 Å². The van der Waals surface area contributed by atoms with Crippen molar-refractivity contribution in [3.8, 4) is 0 Å². The molecule has 1 aliphatic rings. The molecule has 1 fully saturated rings. The monoisotopic (exact) mass is 395 g/mol. The first-order valence-corrected chi connectivity index (χ1v) is 10.4. The lowest BCUT2D eigenvalue weighted by Gasteiger charge is -2.17. The molecule has 1 aliphatic heterocycles. The molecule has 1 amide bonds. The van der Waals surface area contributed by atoms with Gasteiger partial charge in [0.05, 0.1) is 12.1 Å². The largest absolute Gasteiger partial charge is 0.361 e. The second kappa shape index (κ2) is 7.97. The summed E-state index contributed by atoms with van der Waals surface area (Å²) >= 11 is 0. The van der Waals surface area contributed by atoms with E-state index in [1.807, 2.05) is 37.1 Å². The van der Waals surface area contributed by atoms with E-state index in [-0.39, 0.29) is 5.91 Å². The Bertz CT molecular complexity index is 1000. The smallest absolute Gasteiger partial charge is 0.227 e. The minimum absolute atomic E-state index is 0.152. The molecule has 0 N–H and O–H groups in total. The van der Waals surface area contributed by atoms with Crippen molar-refractivity contribution in [2.45, 2.75) is 53.5 Å². The summed E-state index contributed by atoms with van der Waals surface area (Å²) in [5.41, 5.74) is 3.64. The number of hydrogen-bond donors (Lipinski definition) is 0. The van der Waals surface area contributed by atoms with Gasteiger partial charge >= 0.3 is 0 Å². The van der Waals surface area contributed by atoms with Gasteiger partial charge in [0.25, 0.3) is 0 Å². The second-order valence-corrected chi connectivity index (χ2v) is 8.56. The van der Waals surface area contributed by atoms with Crippen molar-refractivity contribution in [3.63, 3.8) is 0 Å².